The molecule has 0 unspecified atom stereocenters. The number of anilines is 2. The molecule has 0 N–H and O–H groups in total. The Morgan fingerprint density at radius 1 is 0.248 bits per heavy atom. The average Bonchev–Trinajstić information content (AvgIpc) is 1.66. The SMILES string of the molecule is CCCCCCCCCCCCc1ccc2nc3c4cc(Oc5ccccc5)c5c6c(Oc7ccccc7)cc7c(=O)n8c9ccc(N%10C(=O)c%11ccc%12c%13c(Oc%14ccccc%14)cc%14c%15c(ccc(c%16c(Oc%17ccccc%17)cc(c%11c%12%16)C%10=O)c%15%13)C(=O)N(c%10ccc(C(CCCCCC)CCCCCC)cc%10)C%14=O)cc9nc8c8cc(Oc9ccccc9)c(c9c(Oc%10ccccc%10)cc(c(=O)n3c2c1)c4c95)c6c78. The summed E-state index contributed by atoms with van der Waals surface area (Å²) in [7, 11) is 0. The summed E-state index contributed by atoms with van der Waals surface area (Å²) >= 11 is 0. The van der Waals surface area contributed by atoms with E-state index in [1.54, 1.807) is 57.3 Å². The number of nitrogens with zero attached hydrogens (tertiary/aromatic N) is 6. The molecule has 0 bridgehead atoms. The molecule has 0 spiro atoms. The minimum atomic E-state index is -0.673. The summed E-state index contributed by atoms with van der Waals surface area (Å²) in [5, 5.41) is 10.1. The number of carbonyl (C=O) groups excluding carboxylic acids is 4. The zero-order valence-corrected chi connectivity index (χ0v) is 80.9. The Morgan fingerprint density at radius 3 is 1.00 bits per heavy atom. The van der Waals surface area contributed by atoms with Crippen LogP contribution in [0.5, 0.6) is 69.0 Å². The van der Waals surface area contributed by atoms with Crippen LogP contribution in [0.1, 0.15) is 208 Å². The van der Waals surface area contributed by atoms with Crippen molar-refractivity contribution in [1.82, 2.24) is 18.8 Å². The molecule has 145 heavy (non-hydrogen) atoms. The molecular weight excluding hydrogens is 1800 g/mol. The Labute approximate surface area is 834 Å². The van der Waals surface area contributed by atoms with Crippen molar-refractivity contribution in [2.75, 3.05) is 9.80 Å². The number of amides is 4. The smallest absolute Gasteiger partial charge is 0.266 e. The highest BCUT2D eigenvalue weighted by Crippen LogP contribution is 2.60. The Balaban J connectivity index is 0.674. The number of aromatic nitrogens is 4. The first-order valence-electron chi connectivity index (χ1n) is 51.4. The van der Waals surface area contributed by atoms with E-state index in [1.807, 2.05) is 231 Å². The van der Waals surface area contributed by atoms with Crippen LogP contribution in [0.15, 0.2) is 313 Å². The van der Waals surface area contributed by atoms with E-state index >= 15 is 28.8 Å². The Bertz CT molecular complexity index is 9190. The fourth-order valence-corrected chi connectivity index (χ4v) is 23.2. The van der Waals surface area contributed by atoms with Gasteiger partial charge in [0.05, 0.1) is 55.3 Å². The summed E-state index contributed by atoms with van der Waals surface area (Å²) in [6.45, 7) is 6.73. The van der Waals surface area contributed by atoms with Crippen LogP contribution in [-0.2, 0) is 6.42 Å². The van der Waals surface area contributed by atoms with Crippen molar-refractivity contribution in [2.24, 2.45) is 0 Å². The third-order valence-corrected chi connectivity index (χ3v) is 30.0. The number of pyridine rings is 2. The third kappa shape index (κ3) is 15.3. The molecule has 2 aliphatic rings. The van der Waals surface area contributed by atoms with E-state index in [1.165, 1.54) is 87.5 Å². The topological polar surface area (TPSA) is 199 Å². The zero-order valence-electron chi connectivity index (χ0n) is 80.9. The number of benzene rings is 19. The summed E-state index contributed by atoms with van der Waals surface area (Å²) in [6.07, 6.45) is 24.5. The number of imide groups is 2. The standard InChI is InChI=1S/C127H102N6O12/c1-4-7-10-13-14-15-16-17-18-25-40-75-55-65-96-99(67-75)133-120(128-96)90-69-102(142-82-47-32-21-33-48-82)114-116-104(144-84-51-36-23-37-52-84)73-94-109-91(70-103(143-83-49-34-22-35-50-83)115(119(109)116)117-105(145-85-53-38-24-39-54-85)74-95(127(133)139)108(90)118(114)117)121-129-97-68-79(60-66-98(97)132(121)126(94)138)131-123(135)89-64-62-87-110-100(140-80-43-28-19-29-44-80)71-92-106-88(63-61-86(112(106)110)111-101(141-81-45-30-20-31-46-81)72-93(125(131)137)107(89)113(87)111)122(134)130(124(92)136)78-58-56-77(57-59-78)76(41-26-11-8-5-2)42-27-12-9-6-3/h19-24,28-39,43-74,76H,4-18,25-27,40-42H2,1-3H3. The zero-order chi connectivity index (χ0) is 97.8. The molecular formula is C127H102N6O12. The van der Waals surface area contributed by atoms with Crippen LogP contribution >= 0.6 is 0 Å². The lowest BCUT2D eigenvalue weighted by molar-refractivity contribution is 0.0877. The van der Waals surface area contributed by atoms with E-state index in [4.69, 9.17) is 38.4 Å². The maximum Gasteiger partial charge on any atom is 0.266 e. The second-order valence-electron chi connectivity index (χ2n) is 39.1. The molecule has 0 aliphatic carbocycles. The van der Waals surface area contributed by atoms with Crippen molar-refractivity contribution < 1.29 is 47.6 Å². The van der Waals surface area contributed by atoms with Gasteiger partial charge in [-0.25, -0.2) is 19.8 Å². The van der Waals surface area contributed by atoms with Gasteiger partial charge in [-0.2, -0.15) is 0 Å². The van der Waals surface area contributed by atoms with Crippen LogP contribution in [0.3, 0.4) is 0 Å². The van der Waals surface area contributed by atoms with Crippen molar-refractivity contribution in [3.05, 3.63) is 357 Å². The Kier molecular flexibility index (Phi) is 23.0. The minimum absolute atomic E-state index is 0.146. The molecule has 2 aliphatic heterocycles. The van der Waals surface area contributed by atoms with Gasteiger partial charge < -0.3 is 28.4 Å². The highest BCUT2D eigenvalue weighted by Gasteiger charge is 2.42. The number of para-hydroxylation sites is 6. The molecule has 0 radical (unpaired) electrons. The summed E-state index contributed by atoms with van der Waals surface area (Å²) in [4.78, 5) is 111. The molecule has 4 amide bonds. The van der Waals surface area contributed by atoms with E-state index in [2.05, 4.69) is 45.0 Å². The van der Waals surface area contributed by atoms with Gasteiger partial charge in [-0.15, -0.1) is 0 Å². The first kappa shape index (κ1) is 89.5. The van der Waals surface area contributed by atoms with Gasteiger partial charge >= 0.3 is 0 Å². The van der Waals surface area contributed by atoms with E-state index < -0.39 is 29.2 Å². The van der Waals surface area contributed by atoms with Gasteiger partial charge in [0.2, 0.25) is 0 Å². The van der Waals surface area contributed by atoms with Gasteiger partial charge in [0, 0.05) is 97.3 Å². The van der Waals surface area contributed by atoms with Gasteiger partial charge in [0.15, 0.2) is 0 Å². The molecule has 19 aromatic carbocycles. The quantitative estimate of drug-likeness (QED) is 0.0155. The lowest BCUT2D eigenvalue weighted by atomic mass is 9.81. The van der Waals surface area contributed by atoms with Crippen molar-refractivity contribution in [3.8, 4) is 69.0 Å². The highest BCUT2D eigenvalue weighted by molar-refractivity contribution is 6.48. The Morgan fingerprint density at radius 2 is 0.593 bits per heavy atom. The van der Waals surface area contributed by atoms with Crippen LogP contribution < -0.4 is 49.3 Å². The van der Waals surface area contributed by atoms with Gasteiger partial charge in [0.1, 0.15) is 80.3 Å². The molecule has 25 rings (SSSR count). The van der Waals surface area contributed by atoms with E-state index in [9.17, 15) is 0 Å². The van der Waals surface area contributed by atoms with Crippen LogP contribution in [0.25, 0.3) is 141 Å². The van der Waals surface area contributed by atoms with Crippen LogP contribution in [0.4, 0.5) is 11.4 Å². The number of rotatable bonds is 36. The van der Waals surface area contributed by atoms with Gasteiger partial charge in [-0.05, 0) is 217 Å². The van der Waals surface area contributed by atoms with E-state index in [-0.39, 0.29) is 56.0 Å². The number of aryl methyl sites for hydroxylation is 1. The number of hydrogen-bond donors (Lipinski definition) is 0. The lowest BCUT2D eigenvalue weighted by Crippen LogP contribution is -2.40. The largest absolute Gasteiger partial charge is 0.457 e. The predicted molar refractivity (Wildman–Crippen MR) is 581 cm³/mol. The summed E-state index contributed by atoms with van der Waals surface area (Å²) in [5.74, 6) is 2.78. The monoisotopic (exact) mass is 1900 g/mol. The normalized spacial score (nSPS) is 13.0. The van der Waals surface area contributed by atoms with Gasteiger partial charge in [-0.3, -0.25) is 37.6 Å². The fraction of sp³-hybridized carbons (Fsp3) is 0.197. The van der Waals surface area contributed by atoms with Crippen molar-refractivity contribution in [3.63, 3.8) is 0 Å². The lowest BCUT2D eigenvalue weighted by Gasteiger charge is -2.31. The maximum atomic E-state index is 16.9. The van der Waals surface area contributed by atoms with Crippen molar-refractivity contribution in [1.29, 1.82) is 0 Å². The number of unbranched alkanes of at least 4 members (excludes halogenated alkanes) is 15. The van der Waals surface area contributed by atoms with E-state index in [0.717, 1.165) is 68.3 Å². The summed E-state index contributed by atoms with van der Waals surface area (Å²) in [6, 6.07) is 94.1. The highest BCUT2D eigenvalue weighted by atomic mass is 16.5. The molecule has 0 saturated heterocycles. The summed E-state index contributed by atoms with van der Waals surface area (Å²) in [5.41, 5.74) is 5.74. The van der Waals surface area contributed by atoms with Crippen molar-refractivity contribution >= 4 is 176 Å². The molecule has 18 nitrogen and oxygen atoms in total. The van der Waals surface area contributed by atoms with E-state index in [0.29, 0.717) is 199 Å². The number of carbonyl (C=O) groups is 4. The molecule has 712 valence electrons. The molecule has 4 aromatic heterocycles. The molecule has 18 heteroatoms. The predicted octanol–water partition coefficient (Wildman–Crippen LogP) is 33.1. The molecule has 0 saturated carbocycles. The van der Waals surface area contributed by atoms with Gasteiger partial charge in [0.25, 0.3) is 34.7 Å². The van der Waals surface area contributed by atoms with Crippen LogP contribution in [0.2, 0.25) is 0 Å². The Hall–Kier alpha value is -16.9. The summed E-state index contributed by atoms with van der Waals surface area (Å²) < 4.78 is 47.2. The molecule has 0 fully saturated rings. The number of ether oxygens (including phenoxy) is 6. The number of imidazole rings is 2. The van der Waals surface area contributed by atoms with Crippen LogP contribution in [-0.4, -0.2) is 42.4 Å². The van der Waals surface area contributed by atoms with Gasteiger partial charge in [-0.1, -0.05) is 269 Å². The minimum Gasteiger partial charge on any atom is -0.457 e. The van der Waals surface area contributed by atoms with Crippen LogP contribution in [0, 0.1) is 0 Å². The van der Waals surface area contributed by atoms with Crippen molar-refractivity contribution in [2.45, 2.75) is 162 Å². The molecule has 6 heterocycles. The fourth-order valence-electron chi connectivity index (χ4n) is 23.2. The molecule has 0 atom stereocenters. The molecule has 23 aromatic rings. The first-order chi connectivity index (χ1) is 71.3. The second-order valence-corrected chi connectivity index (χ2v) is 39.1. The maximum absolute atomic E-state index is 16.9. The second kappa shape index (κ2) is 37.2. The number of fused-ring (bicyclic) bond motifs is 12. The first-order valence-corrected chi connectivity index (χ1v) is 51.4. The third-order valence-electron chi connectivity index (χ3n) is 30.0. The number of hydrogen-bond acceptors (Lipinski definition) is 14. The average molecular weight is 1900 g/mol.